The summed E-state index contributed by atoms with van der Waals surface area (Å²) in [5, 5.41) is 0. The third-order valence-electron chi connectivity index (χ3n) is 1.96. The Morgan fingerprint density at radius 3 is 2.45 bits per heavy atom. The number of hydrogen-bond donors (Lipinski definition) is 0. The molecule has 2 heteroatoms. The molecule has 0 spiro atoms. The van der Waals surface area contributed by atoms with Crippen LogP contribution in [0.1, 0.15) is 27.2 Å². The number of ether oxygens (including phenoxy) is 1. The smallest absolute Gasteiger partial charge is 0.185 e. The molecule has 0 amide bonds. The molecule has 0 radical (unpaired) electrons. The molecule has 1 heterocycles. The van der Waals surface area contributed by atoms with Gasteiger partial charge in [-0.25, -0.2) is 0 Å². The third-order valence-corrected chi connectivity index (χ3v) is 1.96. The van der Waals surface area contributed by atoms with Crippen LogP contribution in [0.5, 0.6) is 0 Å². The largest absolute Gasteiger partial charge is 0.483 e. The lowest BCUT2D eigenvalue weighted by Crippen LogP contribution is -2.39. The molecule has 11 heavy (non-hydrogen) atoms. The first-order chi connectivity index (χ1) is 5.05. The molecule has 0 aliphatic carbocycles. The first kappa shape index (κ1) is 8.44. The molecule has 0 saturated carbocycles. The average molecular weight is 155 g/mol. The molecule has 0 fully saturated rings. The Morgan fingerprint density at radius 2 is 2.09 bits per heavy atom. The number of hydrogen-bond acceptors (Lipinski definition) is 2. The summed E-state index contributed by atoms with van der Waals surface area (Å²) in [6.07, 6.45) is 3.26. The molecule has 0 aromatic rings. The molecule has 0 atom stereocenters. The Bertz CT molecular complexity index is 167. The molecule has 1 aliphatic rings. The minimum absolute atomic E-state index is 0.193. The summed E-state index contributed by atoms with van der Waals surface area (Å²) >= 11 is 0. The molecule has 0 aromatic heterocycles. The van der Waals surface area contributed by atoms with E-state index >= 15 is 0 Å². The highest BCUT2D eigenvalue weighted by Gasteiger charge is 2.26. The van der Waals surface area contributed by atoms with Gasteiger partial charge in [0.1, 0.15) is 0 Å². The number of methoxy groups -OCH3 is 1. The second-order valence-electron chi connectivity index (χ2n) is 3.86. The topological polar surface area (TPSA) is 12.5 Å². The minimum atomic E-state index is 0.193. The van der Waals surface area contributed by atoms with E-state index in [4.69, 9.17) is 4.74 Å². The lowest BCUT2D eigenvalue weighted by Gasteiger charge is -2.34. The average Bonchev–Trinajstić information content (AvgIpc) is 2.31. The van der Waals surface area contributed by atoms with E-state index in [1.54, 1.807) is 7.11 Å². The van der Waals surface area contributed by atoms with Gasteiger partial charge in [-0.1, -0.05) is 0 Å². The van der Waals surface area contributed by atoms with Crippen molar-refractivity contribution in [3.8, 4) is 0 Å². The lowest BCUT2D eigenvalue weighted by atomic mass is 10.1. The predicted octanol–water partition coefficient (Wildman–Crippen LogP) is 1.98. The molecule has 64 valence electrons. The van der Waals surface area contributed by atoms with Crippen LogP contribution < -0.4 is 0 Å². The van der Waals surface area contributed by atoms with E-state index in [1.165, 1.54) is 0 Å². The molecule has 0 bridgehead atoms. The second kappa shape index (κ2) is 2.76. The van der Waals surface area contributed by atoms with Crippen LogP contribution in [0.2, 0.25) is 0 Å². The van der Waals surface area contributed by atoms with Gasteiger partial charge in [0.05, 0.1) is 7.11 Å². The van der Waals surface area contributed by atoms with Gasteiger partial charge in [0, 0.05) is 12.1 Å². The maximum atomic E-state index is 5.24. The monoisotopic (exact) mass is 155 g/mol. The van der Waals surface area contributed by atoms with Gasteiger partial charge in [-0.2, -0.15) is 0 Å². The minimum Gasteiger partial charge on any atom is -0.483 e. The summed E-state index contributed by atoms with van der Waals surface area (Å²) in [4.78, 5) is 2.28. The normalized spacial score (nSPS) is 18.5. The summed E-state index contributed by atoms with van der Waals surface area (Å²) in [5.41, 5.74) is 0.193. The summed E-state index contributed by atoms with van der Waals surface area (Å²) in [7, 11) is 1.73. The van der Waals surface area contributed by atoms with Crippen LogP contribution in [-0.4, -0.2) is 24.1 Å². The summed E-state index contributed by atoms with van der Waals surface area (Å²) < 4.78 is 5.24. The van der Waals surface area contributed by atoms with Crippen molar-refractivity contribution in [2.45, 2.75) is 32.7 Å². The third kappa shape index (κ3) is 1.67. The molecule has 2 nitrogen and oxygen atoms in total. The summed E-state index contributed by atoms with van der Waals surface area (Å²) in [6.45, 7) is 7.69. The van der Waals surface area contributed by atoms with Crippen molar-refractivity contribution in [1.82, 2.24) is 4.90 Å². The Hall–Kier alpha value is -0.660. The Balaban J connectivity index is 2.68. The fourth-order valence-electron chi connectivity index (χ4n) is 1.40. The lowest BCUT2D eigenvalue weighted by molar-refractivity contribution is 0.0972. The molecular formula is C9H17NO. The van der Waals surface area contributed by atoms with E-state index in [9.17, 15) is 0 Å². The second-order valence-corrected chi connectivity index (χ2v) is 3.86. The molecule has 0 saturated heterocycles. The maximum absolute atomic E-state index is 5.24. The van der Waals surface area contributed by atoms with Crippen molar-refractivity contribution in [2.75, 3.05) is 13.7 Å². The van der Waals surface area contributed by atoms with E-state index in [-0.39, 0.29) is 5.54 Å². The first-order valence-electron chi connectivity index (χ1n) is 4.07. The fourth-order valence-corrected chi connectivity index (χ4v) is 1.40. The van der Waals surface area contributed by atoms with Crippen molar-refractivity contribution in [3.05, 3.63) is 12.0 Å². The molecule has 0 aromatic carbocycles. The van der Waals surface area contributed by atoms with E-state index < -0.39 is 0 Å². The van der Waals surface area contributed by atoms with Crippen LogP contribution in [0.4, 0.5) is 0 Å². The van der Waals surface area contributed by atoms with E-state index in [1.807, 2.05) is 0 Å². The zero-order valence-corrected chi connectivity index (χ0v) is 7.85. The van der Waals surface area contributed by atoms with Crippen LogP contribution in [0.15, 0.2) is 12.0 Å². The number of rotatable bonds is 1. The van der Waals surface area contributed by atoms with Crippen LogP contribution >= 0.6 is 0 Å². The molecular weight excluding hydrogens is 138 g/mol. The highest BCUT2D eigenvalue weighted by molar-refractivity contribution is 5.04. The fraction of sp³-hybridized carbons (Fsp3) is 0.778. The summed E-state index contributed by atoms with van der Waals surface area (Å²) in [5.74, 6) is 1.03. The van der Waals surface area contributed by atoms with E-state index in [0.29, 0.717) is 0 Å². The van der Waals surface area contributed by atoms with Crippen LogP contribution in [0.25, 0.3) is 0 Å². The van der Waals surface area contributed by atoms with Crippen molar-refractivity contribution < 1.29 is 4.74 Å². The zero-order valence-electron chi connectivity index (χ0n) is 7.85. The zero-order chi connectivity index (χ0) is 8.48. The van der Waals surface area contributed by atoms with Crippen LogP contribution in [0.3, 0.4) is 0 Å². The van der Waals surface area contributed by atoms with Gasteiger partial charge < -0.3 is 9.64 Å². The highest BCUT2D eigenvalue weighted by atomic mass is 16.5. The van der Waals surface area contributed by atoms with E-state index in [0.717, 1.165) is 18.8 Å². The van der Waals surface area contributed by atoms with Crippen molar-refractivity contribution in [2.24, 2.45) is 0 Å². The number of nitrogens with zero attached hydrogens (tertiary/aromatic N) is 1. The maximum Gasteiger partial charge on any atom is 0.185 e. The van der Waals surface area contributed by atoms with E-state index in [2.05, 4.69) is 31.7 Å². The highest BCUT2D eigenvalue weighted by Crippen LogP contribution is 2.24. The summed E-state index contributed by atoms with van der Waals surface area (Å²) in [6, 6.07) is 0. The Morgan fingerprint density at radius 1 is 1.45 bits per heavy atom. The van der Waals surface area contributed by atoms with Gasteiger partial charge in [0.25, 0.3) is 0 Å². The van der Waals surface area contributed by atoms with Gasteiger partial charge in [-0.15, -0.1) is 0 Å². The Kier molecular flexibility index (Phi) is 2.12. The molecule has 1 rings (SSSR count). The Labute approximate surface area is 68.8 Å². The standard InChI is InChI=1S/C9H17NO/c1-9(2,3)10-7-5-6-8(10)11-4/h6H,5,7H2,1-4H3. The van der Waals surface area contributed by atoms with Crippen molar-refractivity contribution in [3.63, 3.8) is 0 Å². The molecule has 0 N–H and O–H groups in total. The SMILES string of the molecule is COC1=CCCN1C(C)(C)C. The van der Waals surface area contributed by atoms with Gasteiger partial charge in [0.15, 0.2) is 5.88 Å². The van der Waals surface area contributed by atoms with Crippen molar-refractivity contribution in [1.29, 1.82) is 0 Å². The van der Waals surface area contributed by atoms with Crippen molar-refractivity contribution >= 4 is 0 Å². The van der Waals surface area contributed by atoms with Crippen LogP contribution in [0, 0.1) is 0 Å². The van der Waals surface area contributed by atoms with Gasteiger partial charge in [0.2, 0.25) is 0 Å². The molecule has 0 unspecified atom stereocenters. The van der Waals surface area contributed by atoms with Gasteiger partial charge in [-0.05, 0) is 33.3 Å². The molecule has 1 aliphatic heterocycles. The van der Waals surface area contributed by atoms with Crippen LogP contribution in [-0.2, 0) is 4.74 Å². The quantitative estimate of drug-likeness (QED) is 0.574. The van der Waals surface area contributed by atoms with Gasteiger partial charge >= 0.3 is 0 Å². The van der Waals surface area contributed by atoms with Gasteiger partial charge in [-0.3, -0.25) is 0 Å². The first-order valence-corrected chi connectivity index (χ1v) is 4.07. The predicted molar refractivity (Wildman–Crippen MR) is 46.2 cm³/mol.